The second-order valence-electron chi connectivity index (χ2n) is 5.72. The largest absolute Gasteiger partial charge is 0.368 e. The molecule has 18 heavy (non-hydrogen) atoms. The molecule has 1 aliphatic heterocycles. The Bertz CT molecular complexity index is 386. The summed E-state index contributed by atoms with van der Waals surface area (Å²) in [6.45, 7) is 7.98. The first kappa shape index (κ1) is 13.4. The number of benzene rings is 1. The van der Waals surface area contributed by atoms with Crippen LogP contribution < -0.4 is 10.6 Å². The normalized spacial score (nSPS) is 21.6. The molecular formula is C16H26N2. The Morgan fingerprint density at radius 2 is 2.06 bits per heavy atom. The lowest BCUT2D eigenvalue weighted by Crippen LogP contribution is -2.34. The molecule has 0 bridgehead atoms. The van der Waals surface area contributed by atoms with Crippen molar-refractivity contribution in [2.45, 2.75) is 52.1 Å². The van der Waals surface area contributed by atoms with E-state index in [1.54, 1.807) is 0 Å². The van der Waals surface area contributed by atoms with E-state index in [1.165, 1.54) is 30.6 Å². The van der Waals surface area contributed by atoms with Crippen molar-refractivity contribution in [3.8, 4) is 0 Å². The van der Waals surface area contributed by atoms with Gasteiger partial charge < -0.3 is 10.6 Å². The molecule has 1 aromatic rings. The van der Waals surface area contributed by atoms with E-state index in [-0.39, 0.29) is 6.04 Å². The first-order valence-electron chi connectivity index (χ1n) is 7.26. The topological polar surface area (TPSA) is 29.3 Å². The van der Waals surface area contributed by atoms with Crippen LogP contribution in [-0.4, -0.2) is 12.6 Å². The second kappa shape index (κ2) is 5.75. The van der Waals surface area contributed by atoms with Gasteiger partial charge in [0.25, 0.3) is 0 Å². The molecular weight excluding hydrogens is 220 g/mol. The highest BCUT2D eigenvalue weighted by atomic mass is 15.2. The lowest BCUT2D eigenvalue weighted by molar-refractivity contribution is 0.490. The van der Waals surface area contributed by atoms with Gasteiger partial charge >= 0.3 is 0 Å². The molecule has 100 valence electrons. The molecule has 1 fully saturated rings. The molecule has 0 radical (unpaired) electrons. The number of anilines is 1. The van der Waals surface area contributed by atoms with Crippen molar-refractivity contribution in [3.05, 3.63) is 29.8 Å². The zero-order valence-corrected chi connectivity index (χ0v) is 11.9. The average molecular weight is 246 g/mol. The summed E-state index contributed by atoms with van der Waals surface area (Å²) in [6.07, 6.45) is 3.61. The SMILES string of the molecule is CCC(N)c1ccccc1N1CCCC1C(C)C. The minimum absolute atomic E-state index is 0.162. The van der Waals surface area contributed by atoms with Gasteiger partial charge in [0.15, 0.2) is 0 Å². The molecule has 0 aromatic heterocycles. The third-order valence-corrected chi connectivity index (χ3v) is 4.15. The summed E-state index contributed by atoms with van der Waals surface area (Å²) in [5.41, 5.74) is 8.93. The fraction of sp³-hybridized carbons (Fsp3) is 0.625. The minimum atomic E-state index is 0.162. The smallest absolute Gasteiger partial charge is 0.0417 e. The van der Waals surface area contributed by atoms with Crippen LogP contribution in [0.5, 0.6) is 0 Å². The van der Waals surface area contributed by atoms with Crippen molar-refractivity contribution >= 4 is 5.69 Å². The Morgan fingerprint density at radius 3 is 2.72 bits per heavy atom. The van der Waals surface area contributed by atoms with Gasteiger partial charge in [0.2, 0.25) is 0 Å². The van der Waals surface area contributed by atoms with E-state index in [4.69, 9.17) is 5.73 Å². The van der Waals surface area contributed by atoms with E-state index in [0.29, 0.717) is 12.0 Å². The molecule has 0 spiro atoms. The van der Waals surface area contributed by atoms with Crippen molar-refractivity contribution in [1.82, 2.24) is 0 Å². The van der Waals surface area contributed by atoms with E-state index in [9.17, 15) is 0 Å². The van der Waals surface area contributed by atoms with E-state index >= 15 is 0 Å². The Kier molecular flexibility index (Phi) is 4.28. The minimum Gasteiger partial charge on any atom is -0.368 e. The lowest BCUT2D eigenvalue weighted by Gasteiger charge is -2.32. The highest BCUT2D eigenvalue weighted by Gasteiger charge is 2.28. The van der Waals surface area contributed by atoms with Gasteiger partial charge in [0.05, 0.1) is 0 Å². The number of hydrogen-bond acceptors (Lipinski definition) is 2. The Balaban J connectivity index is 2.32. The number of nitrogens with zero attached hydrogens (tertiary/aromatic N) is 1. The first-order chi connectivity index (χ1) is 8.65. The van der Waals surface area contributed by atoms with Crippen LogP contribution in [0.25, 0.3) is 0 Å². The van der Waals surface area contributed by atoms with Crippen LogP contribution in [0.15, 0.2) is 24.3 Å². The molecule has 0 saturated carbocycles. The summed E-state index contributed by atoms with van der Waals surface area (Å²) in [4.78, 5) is 2.58. The first-order valence-corrected chi connectivity index (χ1v) is 7.26. The molecule has 2 nitrogen and oxygen atoms in total. The van der Waals surface area contributed by atoms with Crippen molar-refractivity contribution in [2.24, 2.45) is 11.7 Å². The van der Waals surface area contributed by atoms with Crippen molar-refractivity contribution in [1.29, 1.82) is 0 Å². The van der Waals surface area contributed by atoms with E-state index < -0.39 is 0 Å². The number of rotatable bonds is 4. The summed E-state index contributed by atoms with van der Waals surface area (Å²) in [6, 6.07) is 9.51. The molecule has 1 aromatic carbocycles. The van der Waals surface area contributed by atoms with Gasteiger partial charge in [-0.05, 0) is 36.8 Å². The quantitative estimate of drug-likeness (QED) is 0.877. The zero-order valence-electron chi connectivity index (χ0n) is 11.9. The molecule has 2 atom stereocenters. The predicted molar refractivity (Wildman–Crippen MR) is 78.9 cm³/mol. The summed E-state index contributed by atoms with van der Waals surface area (Å²) < 4.78 is 0. The molecule has 0 aliphatic carbocycles. The molecule has 0 amide bonds. The van der Waals surface area contributed by atoms with Gasteiger partial charge in [-0.1, -0.05) is 39.0 Å². The summed E-state index contributed by atoms with van der Waals surface area (Å²) in [7, 11) is 0. The Labute approximate surface area is 111 Å². The van der Waals surface area contributed by atoms with E-state index in [1.807, 2.05) is 0 Å². The van der Waals surface area contributed by atoms with Gasteiger partial charge in [0, 0.05) is 24.3 Å². The van der Waals surface area contributed by atoms with Crippen molar-refractivity contribution in [3.63, 3.8) is 0 Å². The predicted octanol–water partition coefficient (Wildman–Crippen LogP) is 3.72. The molecule has 1 saturated heterocycles. The van der Waals surface area contributed by atoms with Gasteiger partial charge in [-0.15, -0.1) is 0 Å². The molecule has 1 aliphatic rings. The molecule has 1 heterocycles. The van der Waals surface area contributed by atoms with Crippen molar-refractivity contribution in [2.75, 3.05) is 11.4 Å². The monoisotopic (exact) mass is 246 g/mol. The standard InChI is InChI=1S/C16H26N2/c1-4-14(17)13-8-5-6-9-16(13)18-11-7-10-15(18)12(2)3/h5-6,8-9,12,14-15H,4,7,10-11,17H2,1-3H3. The molecule has 2 rings (SSSR count). The molecule has 2 unspecified atom stereocenters. The third-order valence-electron chi connectivity index (χ3n) is 4.15. The van der Waals surface area contributed by atoms with Crippen LogP contribution in [-0.2, 0) is 0 Å². The Hall–Kier alpha value is -1.02. The fourth-order valence-electron chi connectivity index (χ4n) is 3.07. The maximum Gasteiger partial charge on any atom is 0.0417 e. The van der Waals surface area contributed by atoms with Crippen molar-refractivity contribution < 1.29 is 0 Å². The van der Waals surface area contributed by atoms with Gasteiger partial charge in [-0.2, -0.15) is 0 Å². The number of nitrogens with two attached hydrogens (primary N) is 1. The maximum atomic E-state index is 6.26. The lowest BCUT2D eigenvalue weighted by atomic mass is 9.98. The van der Waals surface area contributed by atoms with Crippen LogP contribution in [0, 0.1) is 5.92 Å². The zero-order chi connectivity index (χ0) is 13.1. The van der Waals surface area contributed by atoms with E-state index in [0.717, 1.165) is 6.42 Å². The highest BCUT2D eigenvalue weighted by molar-refractivity contribution is 5.56. The van der Waals surface area contributed by atoms with Gasteiger partial charge in [-0.25, -0.2) is 0 Å². The average Bonchev–Trinajstić information content (AvgIpc) is 2.87. The fourth-order valence-corrected chi connectivity index (χ4v) is 3.07. The summed E-state index contributed by atoms with van der Waals surface area (Å²) in [5.74, 6) is 0.707. The van der Waals surface area contributed by atoms with E-state index in [2.05, 4.69) is 49.9 Å². The highest BCUT2D eigenvalue weighted by Crippen LogP contribution is 2.34. The molecule has 2 N–H and O–H groups in total. The van der Waals surface area contributed by atoms with Crippen LogP contribution in [0.1, 0.15) is 51.6 Å². The van der Waals surface area contributed by atoms with Crippen LogP contribution in [0.3, 0.4) is 0 Å². The molecule has 2 heteroatoms. The van der Waals surface area contributed by atoms with Crippen LogP contribution >= 0.6 is 0 Å². The maximum absolute atomic E-state index is 6.26. The Morgan fingerprint density at radius 1 is 1.33 bits per heavy atom. The van der Waals surface area contributed by atoms with Gasteiger partial charge in [0.1, 0.15) is 0 Å². The van der Waals surface area contributed by atoms with Crippen LogP contribution in [0.2, 0.25) is 0 Å². The second-order valence-corrected chi connectivity index (χ2v) is 5.72. The van der Waals surface area contributed by atoms with Gasteiger partial charge in [-0.3, -0.25) is 0 Å². The number of hydrogen-bond donors (Lipinski definition) is 1. The summed E-state index contributed by atoms with van der Waals surface area (Å²) >= 11 is 0. The van der Waals surface area contributed by atoms with Crippen LogP contribution in [0.4, 0.5) is 5.69 Å². The third kappa shape index (κ3) is 2.54. The summed E-state index contributed by atoms with van der Waals surface area (Å²) in [5, 5.41) is 0. The number of para-hydroxylation sites is 1.